The van der Waals surface area contributed by atoms with Gasteiger partial charge in [-0.05, 0) is 32.8 Å². The topological polar surface area (TPSA) is 26.3 Å². The molecule has 0 N–H and O–H groups in total. The minimum Gasteiger partial charge on any atom is -0.378 e. The molecule has 0 bridgehead atoms. The summed E-state index contributed by atoms with van der Waals surface area (Å²) >= 11 is 6.12. The lowest BCUT2D eigenvalue weighted by Crippen LogP contribution is -2.43. The first kappa shape index (κ1) is 11.7. The molecule has 0 unspecified atom stereocenters. The lowest BCUT2D eigenvalue weighted by Gasteiger charge is -2.37. The smallest absolute Gasteiger partial charge is 0.176 e. The number of ketones is 1. The van der Waals surface area contributed by atoms with Gasteiger partial charge in [0.05, 0.1) is 5.60 Å². The molecule has 0 spiro atoms. The molecule has 0 aromatic rings. The second-order valence-electron chi connectivity index (χ2n) is 4.30. The predicted molar refractivity (Wildman–Crippen MR) is 57.6 cm³/mol. The van der Waals surface area contributed by atoms with Gasteiger partial charge in [0.25, 0.3) is 0 Å². The van der Waals surface area contributed by atoms with Crippen molar-refractivity contribution in [1.82, 2.24) is 0 Å². The number of Topliss-reactive ketones (excluding diaryl/α,β-unsaturated/α-hetero) is 1. The highest BCUT2D eigenvalue weighted by molar-refractivity contribution is 6.34. The summed E-state index contributed by atoms with van der Waals surface area (Å²) < 4.78 is 5.37. The standard InChI is InChI=1S/C11H17ClO2/c1-7-5-6-8(9(12)10(7)13)11(2,3)14-4/h5,8-9H,6H2,1-4H3/t8-,9-/m0/s1. The van der Waals surface area contributed by atoms with E-state index in [4.69, 9.17) is 16.3 Å². The summed E-state index contributed by atoms with van der Waals surface area (Å²) in [6, 6.07) is 0. The lowest BCUT2D eigenvalue weighted by atomic mass is 9.78. The number of halogens is 1. The monoisotopic (exact) mass is 216 g/mol. The molecule has 1 aliphatic rings. The zero-order chi connectivity index (χ0) is 10.9. The maximum absolute atomic E-state index is 11.6. The highest BCUT2D eigenvalue weighted by atomic mass is 35.5. The fourth-order valence-corrected chi connectivity index (χ4v) is 2.29. The number of ether oxygens (including phenoxy) is 1. The van der Waals surface area contributed by atoms with Crippen molar-refractivity contribution in [2.24, 2.45) is 5.92 Å². The Balaban J connectivity index is 2.90. The molecule has 0 saturated heterocycles. The van der Waals surface area contributed by atoms with Gasteiger partial charge in [0, 0.05) is 13.0 Å². The molecule has 0 aliphatic heterocycles. The summed E-state index contributed by atoms with van der Waals surface area (Å²) in [4.78, 5) is 11.6. The number of hydrogen-bond donors (Lipinski definition) is 0. The second-order valence-corrected chi connectivity index (χ2v) is 4.77. The molecular weight excluding hydrogens is 200 g/mol. The normalized spacial score (nSPS) is 28.9. The molecule has 0 amide bonds. The quantitative estimate of drug-likeness (QED) is 0.664. The molecule has 2 nitrogen and oxygen atoms in total. The Hall–Kier alpha value is -0.340. The minimum absolute atomic E-state index is 0.0352. The maximum Gasteiger partial charge on any atom is 0.176 e. The third-order valence-electron chi connectivity index (χ3n) is 3.09. The van der Waals surface area contributed by atoms with Crippen molar-refractivity contribution in [3.63, 3.8) is 0 Å². The summed E-state index contributed by atoms with van der Waals surface area (Å²) in [5.41, 5.74) is 0.423. The number of alkyl halides is 1. The first-order valence-electron chi connectivity index (χ1n) is 4.80. The van der Waals surface area contributed by atoms with E-state index in [0.717, 1.165) is 12.0 Å². The van der Waals surface area contributed by atoms with Crippen molar-refractivity contribution >= 4 is 17.4 Å². The van der Waals surface area contributed by atoms with Gasteiger partial charge in [-0.2, -0.15) is 0 Å². The highest BCUT2D eigenvalue weighted by Crippen LogP contribution is 2.35. The molecule has 14 heavy (non-hydrogen) atoms. The maximum atomic E-state index is 11.6. The van der Waals surface area contributed by atoms with Crippen LogP contribution in [0.1, 0.15) is 27.2 Å². The average molecular weight is 217 g/mol. The van der Waals surface area contributed by atoms with Crippen LogP contribution in [0.3, 0.4) is 0 Å². The number of allylic oxidation sites excluding steroid dienone is 2. The van der Waals surface area contributed by atoms with Crippen LogP contribution in [-0.4, -0.2) is 23.9 Å². The summed E-state index contributed by atoms with van der Waals surface area (Å²) in [5, 5.41) is -0.449. The Morgan fingerprint density at radius 3 is 2.64 bits per heavy atom. The average Bonchev–Trinajstić information content (AvgIpc) is 2.14. The van der Waals surface area contributed by atoms with Gasteiger partial charge < -0.3 is 4.74 Å². The van der Waals surface area contributed by atoms with E-state index < -0.39 is 5.38 Å². The van der Waals surface area contributed by atoms with E-state index in [1.165, 1.54) is 0 Å². The molecule has 0 saturated carbocycles. The molecular formula is C11H17ClO2. The Labute approximate surface area is 90.3 Å². The van der Waals surface area contributed by atoms with Crippen molar-refractivity contribution in [2.45, 2.75) is 38.2 Å². The fourth-order valence-electron chi connectivity index (χ4n) is 1.71. The predicted octanol–water partition coefficient (Wildman–Crippen LogP) is 2.55. The van der Waals surface area contributed by atoms with Gasteiger partial charge >= 0.3 is 0 Å². The van der Waals surface area contributed by atoms with Gasteiger partial charge in [0.2, 0.25) is 0 Å². The van der Waals surface area contributed by atoms with Crippen LogP contribution in [0, 0.1) is 5.92 Å². The number of carbonyl (C=O) groups is 1. The van der Waals surface area contributed by atoms with Gasteiger partial charge in [-0.3, -0.25) is 4.79 Å². The van der Waals surface area contributed by atoms with Crippen molar-refractivity contribution < 1.29 is 9.53 Å². The van der Waals surface area contributed by atoms with E-state index in [9.17, 15) is 4.79 Å². The molecule has 0 heterocycles. The number of methoxy groups -OCH3 is 1. The van der Waals surface area contributed by atoms with Gasteiger partial charge in [-0.1, -0.05) is 6.08 Å². The van der Waals surface area contributed by atoms with E-state index >= 15 is 0 Å². The van der Waals surface area contributed by atoms with Gasteiger partial charge in [-0.25, -0.2) is 0 Å². The van der Waals surface area contributed by atoms with E-state index in [1.807, 2.05) is 26.8 Å². The van der Waals surface area contributed by atoms with E-state index in [0.29, 0.717) is 0 Å². The van der Waals surface area contributed by atoms with Crippen LogP contribution in [0.25, 0.3) is 0 Å². The first-order valence-corrected chi connectivity index (χ1v) is 5.24. The SMILES string of the molecule is COC(C)(C)[C@H]1CC=C(C)C(=O)[C@H]1Cl. The Bertz CT molecular complexity index is 268. The van der Waals surface area contributed by atoms with Crippen LogP contribution in [0.2, 0.25) is 0 Å². The molecule has 3 heteroatoms. The largest absolute Gasteiger partial charge is 0.378 e. The fraction of sp³-hybridized carbons (Fsp3) is 0.727. The van der Waals surface area contributed by atoms with E-state index in [1.54, 1.807) is 7.11 Å². The molecule has 0 fully saturated rings. The number of hydrogen-bond acceptors (Lipinski definition) is 2. The Morgan fingerprint density at radius 1 is 1.57 bits per heavy atom. The van der Waals surface area contributed by atoms with Crippen LogP contribution in [-0.2, 0) is 9.53 Å². The third kappa shape index (κ3) is 2.01. The van der Waals surface area contributed by atoms with Crippen molar-refractivity contribution in [3.05, 3.63) is 11.6 Å². The number of rotatable bonds is 2. The summed E-state index contributed by atoms with van der Waals surface area (Å²) in [6.07, 6.45) is 2.76. The molecule has 0 aromatic heterocycles. The zero-order valence-electron chi connectivity index (χ0n) is 9.13. The van der Waals surface area contributed by atoms with Gasteiger partial charge in [-0.15, -0.1) is 11.6 Å². The van der Waals surface area contributed by atoms with Crippen LogP contribution >= 0.6 is 11.6 Å². The summed E-state index contributed by atoms with van der Waals surface area (Å²) in [7, 11) is 1.65. The Kier molecular flexibility index (Phi) is 3.38. The van der Waals surface area contributed by atoms with Crippen LogP contribution in [0.5, 0.6) is 0 Å². The van der Waals surface area contributed by atoms with Crippen LogP contribution in [0.4, 0.5) is 0 Å². The Morgan fingerprint density at radius 2 is 2.14 bits per heavy atom. The first-order chi connectivity index (χ1) is 6.40. The van der Waals surface area contributed by atoms with Crippen molar-refractivity contribution in [1.29, 1.82) is 0 Å². The second kappa shape index (κ2) is 4.03. The van der Waals surface area contributed by atoms with Crippen molar-refractivity contribution in [2.75, 3.05) is 7.11 Å². The lowest BCUT2D eigenvalue weighted by molar-refractivity contribution is -0.119. The van der Waals surface area contributed by atoms with Gasteiger partial charge in [0.15, 0.2) is 5.78 Å². The molecule has 0 aromatic carbocycles. The number of carbonyl (C=O) groups excluding carboxylic acids is 1. The summed E-state index contributed by atoms with van der Waals surface area (Å²) in [6.45, 7) is 5.75. The van der Waals surface area contributed by atoms with E-state index in [2.05, 4.69) is 0 Å². The van der Waals surface area contributed by atoms with Gasteiger partial charge in [0.1, 0.15) is 5.38 Å². The molecule has 80 valence electrons. The van der Waals surface area contributed by atoms with E-state index in [-0.39, 0.29) is 17.3 Å². The highest BCUT2D eigenvalue weighted by Gasteiger charge is 2.40. The molecule has 2 atom stereocenters. The summed E-state index contributed by atoms with van der Waals surface area (Å²) in [5.74, 6) is 0.0957. The zero-order valence-corrected chi connectivity index (χ0v) is 9.89. The third-order valence-corrected chi connectivity index (χ3v) is 3.59. The molecule has 0 radical (unpaired) electrons. The van der Waals surface area contributed by atoms with Crippen LogP contribution < -0.4 is 0 Å². The molecule has 1 aliphatic carbocycles. The van der Waals surface area contributed by atoms with Crippen molar-refractivity contribution in [3.8, 4) is 0 Å². The molecule has 1 rings (SSSR count). The van der Waals surface area contributed by atoms with Crippen LogP contribution in [0.15, 0.2) is 11.6 Å². The minimum atomic E-state index is -0.449.